The maximum Gasteiger partial charge on any atom is 0.309 e. The summed E-state index contributed by atoms with van der Waals surface area (Å²) < 4.78 is 4.57. The first-order valence-electron chi connectivity index (χ1n) is 2.79. The fourth-order valence-electron chi connectivity index (χ4n) is 0.566. The van der Waals surface area contributed by atoms with E-state index in [-0.39, 0.29) is 5.69 Å². The zero-order chi connectivity index (χ0) is 8.27. The molecule has 1 rings (SSSR count). The standard InChI is InChI=1S/C6H4N2O3/c1-4-2-5(8-11-4)6(10)7-3-9/h2H,1H3. The fraction of sp³-hybridized carbons (Fsp3) is 0.167. The highest BCUT2D eigenvalue weighted by Crippen LogP contribution is 2.01. The zero-order valence-corrected chi connectivity index (χ0v) is 5.70. The number of carbonyl (C=O) groups is 1. The first-order chi connectivity index (χ1) is 5.24. The van der Waals surface area contributed by atoms with E-state index >= 15 is 0 Å². The molecule has 0 fully saturated rings. The molecule has 0 aliphatic rings. The first kappa shape index (κ1) is 7.37. The van der Waals surface area contributed by atoms with Crippen LogP contribution in [0.1, 0.15) is 16.2 Å². The summed E-state index contributed by atoms with van der Waals surface area (Å²) in [6.45, 7) is 1.63. The van der Waals surface area contributed by atoms with Crippen LogP contribution in [0.25, 0.3) is 0 Å². The van der Waals surface area contributed by atoms with Crippen molar-refractivity contribution in [2.45, 2.75) is 6.92 Å². The Kier molecular flexibility index (Phi) is 1.94. The molecular formula is C6H4N2O3. The maximum atomic E-state index is 10.7. The Bertz CT molecular complexity index is 322. The number of aliphatic imine (C=N–C) groups is 1. The molecule has 0 aliphatic carbocycles. The van der Waals surface area contributed by atoms with E-state index in [4.69, 9.17) is 0 Å². The van der Waals surface area contributed by atoms with E-state index in [0.29, 0.717) is 5.76 Å². The van der Waals surface area contributed by atoms with Crippen molar-refractivity contribution in [1.82, 2.24) is 5.16 Å². The summed E-state index contributed by atoms with van der Waals surface area (Å²) in [5.41, 5.74) is 0.0193. The highest BCUT2D eigenvalue weighted by Gasteiger charge is 2.08. The lowest BCUT2D eigenvalue weighted by molar-refractivity contribution is 0.0994. The number of aryl methyl sites for hydroxylation is 1. The SMILES string of the molecule is Cc1cc(C(=O)N=C=O)no1. The van der Waals surface area contributed by atoms with Crippen molar-refractivity contribution in [2.75, 3.05) is 0 Å². The van der Waals surface area contributed by atoms with Crippen molar-refractivity contribution in [3.05, 3.63) is 17.5 Å². The average molecular weight is 152 g/mol. The number of aromatic nitrogens is 1. The maximum absolute atomic E-state index is 10.7. The summed E-state index contributed by atoms with van der Waals surface area (Å²) in [7, 11) is 0. The van der Waals surface area contributed by atoms with Gasteiger partial charge in [-0.25, -0.2) is 4.79 Å². The van der Waals surface area contributed by atoms with Gasteiger partial charge in [0.2, 0.25) is 6.08 Å². The number of rotatable bonds is 1. The number of carbonyl (C=O) groups excluding carboxylic acids is 2. The van der Waals surface area contributed by atoms with Gasteiger partial charge in [-0.2, -0.15) is 0 Å². The van der Waals surface area contributed by atoms with Crippen molar-refractivity contribution in [3.8, 4) is 0 Å². The van der Waals surface area contributed by atoms with Gasteiger partial charge in [0.25, 0.3) is 0 Å². The molecular weight excluding hydrogens is 148 g/mol. The number of hydrogen-bond donors (Lipinski definition) is 0. The molecule has 0 aromatic carbocycles. The molecule has 0 aliphatic heterocycles. The van der Waals surface area contributed by atoms with Crippen LogP contribution in [0.2, 0.25) is 0 Å². The lowest BCUT2D eigenvalue weighted by atomic mass is 10.4. The highest BCUT2D eigenvalue weighted by atomic mass is 16.5. The van der Waals surface area contributed by atoms with Crippen molar-refractivity contribution in [1.29, 1.82) is 0 Å². The van der Waals surface area contributed by atoms with Gasteiger partial charge in [-0.3, -0.25) is 4.79 Å². The van der Waals surface area contributed by atoms with Gasteiger partial charge in [-0.15, -0.1) is 4.99 Å². The van der Waals surface area contributed by atoms with Crippen molar-refractivity contribution in [3.63, 3.8) is 0 Å². The largest absolute Gasteiger partial charge is 0.361 e. The molecule has 0 radical (unpaired) electrons. The Morgan fingerprint density at radius 2 is 2.55 bits per heavy atom. The summed E-state index contributed by atoms with van der Waals surface area (Å²) in [6.07, 6.45) is 1.12. The van der Waals surface area contributed by atoms with E-state index in [2.05, 4.69) is 14.7 Å². The van der Waals surface area contributed by atoms with Crippen LogP contribution in [0.4, 0.5) is 0 Å². The van der Waals surface area contributed by atoms with Crippen molar-refractivity contribution >= 4 is 12.0 Å². The number of nitrogens with zero attached hydrogens (tertiary/aromatic N) is 2. The minimum Gasteiger partial charge on any atom is -0.361 e. The van der Waals surface area contributed by atoms with E-state index in [1.54, 1.807) is 6.92 Å². The second kappa shape index (κ2) is 2.90. The van der Waals surface area contributed by atoms with Crippen LogP contribution in [0.15, 0.2) is 15.6 Å². The Morgan fingerprint density at radius 1 is 1.82 bits per heavy atom. The van der Waals surface area contributed by atoms with E-state index in [9.17, 15) is 9.59 Å². The predicted molar refractivity (Wildman–Crippen MR) is 33.7 cm³/mol. The Balaban J connectivity index is 2.93. The van der Waals surface area contributed by atoms with Gasteiger partial charge in [0.1, 0.15) is 5.76 Å². The molecule has 11 heavy (non-hydrogen) atoms. The summed E-state index contributed by atoms with van der Waals surface area (Å²) in [4.78, 5) is 23.2. The fourth-order valence-corrected chi connectivity index (χ4v) is 0.566. The second-order valence-electron chi connectivity index (χ2n) is 1.83. The number of hydrogen-bond acceptors (Lipinski definition) is 4. The molecule has 0 unspecified atom stereocenters. The molecule has 56 valence electrons. The number of isocyanates is 1. The van der Waals surface area contributed by atoms with Crippen LogP contribution in [-0.2, 0) is 4.79 Å². The number of amides is 1. The molecule has 5 heteroatoms. The van der Waals surface area contributed by atoms with Crippen LogP contribution in [0.3, 0.4) is 0 Å². The molecule has 1 heterocycles. The molecule has 0 spiro atoms. The highest BCUT2D eigenvalue weighted by molar-refractivity contribution is 5.95. The monoisotopic (exact) mass is 152 g/mol. The van der Waals surface area contributed by atoms with E-state index in [1.165, 1.54) is 6.07 Å². The van der Waals surface area contributed by atoms with Gasteiger partial charge in [0.05, 0.1) is 0 Å². The third-order valence-corrected chi connectivity index (χ3v) is 0.994. The van der Waals surface area contributed by atoms with Crippen molar-refractivity contribution in [2.24, 2.45) is 4.99 Å². The average Bonchev–Trinajstić information content (AvgIpc) is 2.36. The lowest BCUT2D eigenvalue weighted by Crippen LogP contribution is -1.92. The quantitative estimate of drug-likeness (QED) is 0.432. The van der Waals surface area contributed by atoms with Gasteiger partial charge in [-0.05, 0) is 6.92 Å². The summed E-state index contributed by atoms with van der Waals surface area (Å²) >= 11 is 0. The molecule has 0 N–H and O–H groups in total. The first-order valence-corrected chi connectivity index (χ1v) is 2.79. The molecule has 0 saturated heterocycles. The smallest absolute Gasteiger partial charge is 0.309 e. The Hall–Kier alpha value is -1.74. The zero-order valence-electron chi connectivity index (χ0n) is 5.70. The third kappa shape index (κ3) is 1.59. The van der Waals surface area contributed by atoms with Gasteiger partial charge in [0.15, 0.2) is 5.69 Å². The molecule has 1 aromatic heterocycles. The van der Waals surface area contributed by atoms with Gasteiger partial charge < -0.3 is 4.52 Å². The van der Waals surface area contributed by atoms with E-state index < -0.39 is 5.91 Å². The molecule has 5 nitrogen and oxygen atoms in total. The topological polar surface area (TPSA) is 72.5 Å². The van der Waals surface area contributed by atoms with Crippen LogP contribution in [0.5, 0.6) is 0 Å². The summed E-state index contributed by atoms with van der Waals surface area (Å²) in [5, 5.41) is 3.34. The van der Waals surface area contributed by atoms with Gasteiger partial charge in [0, 0.05) is 6.07 Å². The van der Waals surface area contributed by atoms with Crippen LogP contribution < -0.4 is 0 Å². The third-order valence-electron chi connectivity index (χ3n) is 0.994. The molecule has 0 saturated carbocycles. The summed E-state index contributed by atoms with van der Waals surface area (Å²) in [5.74, 6) is -0.244. The van der Waals surface area contributed by atoms with E-state index in [1.807, 2.05) is 0 Å². The van der Waals surface area contributed by atoms with Crippen molar-refractivity contribution < 1.29 is 14.1 Å². The lowest BCUT2D eigenvalue weighted by Gasteiger charge is -1.76. The summed E-state index contributed by atoms with van der Waals surface area (Å²) in [6, 6.07) is 1.39. The molecule has 0 bridgehead atoms. The van der Waals surface area contributed by atoms with Gasteiger partial charge >= 0.3 is 5.91 Å². The predicted octanol–water partition coefficient (Wildman–Crippen LogP) is 0.459. The van der Waals surface area contributed by atoms with Crippen LogP contribution in [-0.4, -0.2) is 17.1 Å². The van der Waals surface area contributed by atoms with Crippen LogP contribution in [0, 0.1) is 6.92 Å². The normalized spacial score (nSPS) is 8.82. The minimum absolute atomic E-state index is 0.0193. The van der Waals surface area contributed by atoms with Crippen LogP contribution >= 0.6 is 0 Å². The molecule has 1 amide bonds. The van der Waals surface area contributed by atoms with Gasteiger partial charge in [-0.1, -0.05) is 5.16 Å². The Morgan fingerprint density at radius 3 is 3.00 bits per heavy atom. The Labute approximate surface area is 61.7 Å². The molecule has 1 aromatic rings. The second-order valence-corrected chi connectivity index (χ2v) is 1.83. The minimum atomic E-state index is -0.739. The molecule has 0 atom stereocenters. The van der Waals surface area contributed by atoms with E-state index in [0.717, 1.165) is 6.08 Å².